The number of rotatable bonds is 8. The molecule has 1 aromatic carbocycles. The Hall–Kier alpha value is -2.57. The van der Waals surface area contributed by atoms with Crippen LogP contribution in [0.2, 0.25) is 0 Å². The average Bonchev–Trinajstić information content (AvgIpc) is 2.87. The molecule has 0 saturated heterocycles. The molecule has 6 nitrogen and oxygen atoms in total. The number of aromatic nitrogens is 2. The van der Waals surface area contributed by atoms with E-state index in [-0.39, 0.29) is 17.7 Å². The fourth-order valence-electron chi connectivity index (χ4n) is 2.84. The Morgan fingerprint density at radius 2 is 2.04 bits per heavy atom. The van der Waals surface area contributed by atoms with E-state index in [0.717, 1.165) is 31.2 Å². The van der Waals surface area contributed by atoms with Gasteiger partial charge in [0.1, 0.15) is 6.10 Å². The Kier molecular flexibility index (Phi) is 7.64. The number of hydrogen-bond donors (Lipinski definition) is 2. The summed E-state index contributed by atoms with van der Waals surface area (Å²) in [6, 6.07) is 6.41. The second-order valence-corrected chi connectivity index (χ2v) is 6.53. The van der Waals surface area contributed by atoms with Crippen molar-refractivity contribution in [3.63, 3.8) is 0 Å². The van der Waals surface area contributed by atoms with Crippen molar-refractivity contribution in [2.24, 2.45) is 12.0 Å². The molecule has 2 aromatic rings. The van der Waals surface area contributed by atoms with Crippen LogP contribution in [-0.4, -0.2) is 41.5 Å². The molecular weight excluding hydrogens is 345 g/mol. The average molecular weight is 375 g/mol. The lowest BCUT2D eigenvalue weighted by molar-refractivity contribution is 0.220. The van der Waals surface area contributed by atoms with Crippen molar-refractivity contribution < 1.29 is 9.13 Å². The number of halogens is 1. The van der Waals surface area contributed by atoms with E-state index in [2.05, 4.69) is 27.6 Å². The number of nitrogens with zero attached hydrogens (tertiary/aromatic N) is 3. The molecule has 0 fully saturated rings. The van der Waals surface area contributed by atoms with Gasteiger partial charge in [0.05, 0.1) is 12.2 Å². The first-order valence-corrected chi connectivity index (χ1v) is 9.34. The molecule has 1 aromatic heterocycles. The normalized spacial score (nSPS) is 12.7. The van der Waals surface area contributed by atoms with Gasteiger partial charge in [-0.05, 0) is 51.8 Å². The Morgan fingerprint density at radius 3 is 2.67 bits per heavy atom. The number of hydrogen-bond acceptors (Lipinski definition) is 3. The Balaban J connectivity index is 1.88. The summed E-state index contributed by atoms with van der Waals surface area (Å²) in [6.45, 7) is 9.95. The molecule has 1 atom stereocenters. The van der Waals surface area contributed by atoms with E-state index in [1.54, 1.807) is 18.2 Å². The highest BCUT2D eigenvalue weighted by molar-refractivity contribution is 5.79. The summed E-state index contributed by atoms with van der Waals surface area (Å²) < 4.78 is 21.2. The van der Waals surface area contributed by atoms with Gasteiger partial charge in [0.15, 0.2) is 17.5 Å². The van der Waals surface area contributed by atoms with Gasteiger partial charge in [-0.3, -0.25) is 4.68 Å². The molecule has 7 heteroatoms. The van der Waals surface area contributed by atoms with Gasteiger partial charge in [0, 0.05) is 25.8 Å². The summed E-state index contributed by atoms with van der Waals surface area (Å²) in [5.41, 5.74) is 3.51. The smallest absolute Gasteiger partial charge is 0.191 e. The van der Waals surface area contributed by atoms with Gasteiger partial charge in [-0.25, -0.2) is 9.38 Å². The molecule has 0 bridgehead atoms. The Labute approximate surface area is 160 Å². The molecule has 1 unspecified atom stereocenters. The Bertz CT molecular complexity index is 772. The third-order valence-electron chi connectivity index (χ3n) is 4.34. The highest BCUT2D eigenvalue weighted by Gasteiger charge is 2.10. The lowest BCUT2D eigenvalue weighted by Crippen LogP contribution is -2.39. The summed E-state index contributed by atoms with van der Waals surface area (Å²) in [5, 5.41) is 11.0. The monoisotopic (exact) mass is 375 g/mol. The van der Waals surface area contributed by atoms with E-state index in [0.29, 0.717) is 6.54 Å². The first kappa shape index (κ1) is 20.7. The van der Waals surface area contributed by atoms with Crippen LogP contribution in [0.4, 0.5) is 4.39 Å². The van der Waals surface area contributed by atoms with Gasteiger partial charge < -0.3 is 15.4 Å². The van der Waals surface area contributed by atoms with Crippen molar-refractivity contribution in [2.75, 3.05) is 19.6 Å². The van der Waals surface area contributed by atoms with Crippen molar-refractivity contribution in [1.82, 2.24) is 20.4 Å². The van der Waals surface area contributed by atoms with Crippen LogP contribution in [0.3, 0.4) is 0 Å². The topological polar surface area (TPSA) is 63.5 Å². The molecule has 2 N–H and O–H groups in total. The van der Waals surface area contributed by atoms with Crippen LogP contribution < -0.4 is 15.4 Å². The van der Waals surface area contributed by atoms with Crippen molar-refractivity contribution in [1.29, 1.82) is 0 Å². The molecule has 27 heavy (non-hydrogen) atoms. The fraction of sp³-hybridized carbons (Fsp3) is 0.500. The van der Waals surface area contributed by atoms with E-state index < -0.39 is 0 Å². The molecule has 0 saturated carbocycles. The third-order valence-corrected chi connectivity index (χ3v) is 4.34. The van der Waals surface area contributed by atoms with Crippen LogP contribution in [0.25, 0.3) is 0 Å². The summed E-state index contributed by atoms with van der Waals surface area (Å²) in [4.78, 5) is 4.55. The number of para-hydroxylation sites is 1. The minimum Gasteiger partial charge on any atom is -0.486 e. The van der Waals surface area contributed by atoms with Crippen molar-refractivity contribution in [3.8, 4) is 5.75 Å². The second kappa shape index (κ2) is 9.94. The third kappa shape index (κ3) is 5.98. The van der Waals surface area contributed by atoms with Gasteiger partial charge >= 0.3 is 0 Å². The summed E-state index contributed by atoms with van der Waals surface area (Å²) in [6.07, 6.45) is 0.636. The minimum atomic E-state index is -0.361. The van der Waals surface area contributed by atoms with Crippen molar-refractivity contribution in [2.45, 2.75) is 40.2 Å². The maximum atomic E-state index is 13.7. The summed E-state index contributed by atoms with van der Waals surface area (Å²) >= 11 is 0. The molecule has 1 heterocycles. The molecule has 148 valence electrons. The second-order valence-electron chi connectivity index (χ2n) is 6.53. The molecule has 0 spiro atoms. The molecule has 0 amide bonds. The predicted octanol–water partition coefficient (Wildman–Crippen LogP) is 2.74. The van der Waals surface area contributed by atoms with Crippen LogP contribution in [0, 0.1) is 19.7 Å². The highest BCUT2D eigenvalue weighted by Crippen LogP contribution is 2.17. The van der Waals surface area contributed by atoms with Crippen LogP contribution in [0.5, 0.6) is 5.75 Å². The van der Waals surface area contributed by atoms with E-state index in [1.807, 2.05) is 32.5 Å². The van der Waals surface area contributed by atoms with Crippen LogP contribution in [0.1, 0.15) is 30.8 Å². The molecular formula is C20H30FN5O. The number of benzene rings is 1. The quantitative estimate of drug-likeness (QED) is 0.550. The van der Waals surface area contributed by atoms with Gasteiger partial charge in [0.25, 0.3) is 0 Å². The summed E-state index contributed by atoms with van der Waals surface area (Å²) in [5.74, 6) is 0.613. The molecule has 0 aliphatic rings. The number of nitrogens with one attached hydrogen (secondary N) is 2. The molecule has 0 aliphatic carbocycles. The molecule has 0 aliphatic heterocycles. The zero-order chi connectivity index (χ0) is 19.8. The maximum Gasteiger partial charge on any atom is 0.191 e. The fourth-order valence-corrected chi connectivity index (χ4v) is 2.84. The summed E-state index contributed by atoms with van der Waals surface area (Å²) in [7, 11) is 1.96. The predicted molar refractivity (Wildman–Crippen MR) is 107 cm³/mol. The number of aliphatic imine (C=N–C) groups is 1. The van der Waals surface area contributed by atoms with Gasteiger partial charge in [0.2, 0.25) is 0 Å². The molecule has 0 radical (unpaired) electrons. The number of ether oxygens (including phenoxy) is 1. The van der Waals surface area contributed by atoms with Gasteiger partial charge in [-0.15, -0.1) is 0 Å². The number of guanidine groups is 1. The zero-order valence-electron chi connectivity index (χ0n) is 16.8. The van der Waals surface area contributed by atoms with Crippen LogP contribution in [-0.2, 0) is 13.5 Å². The first-order valence-electron chi connectivity index (χ1n) is 9.34. The first-order chi connectivity index (χ1) is 12.9. The van der Waals surface area contributed by atoms with E-state index in [1.165, 1.54) is 17.3 Å². The minimum absolute atomic E-state index is 0.236. The SMILES string of the molecule is CCNC(=NCC(C)Oc1ccccc1F)NCCc1c(C)nn(C)c1C. The maximum absolute atomic E-state index is 13.7. The molecule has 2 rings (SSSR count). The standard InChI is InChI=1S/C20H30FN5O/c1-6-22-20(23-12-11-17-15(3)25-26(5)16(17)4)24-13-14(2)27-19-10-8-7-9-18(19)21/h7-10,14H,6,11-13H2,1-5H3,(H2,22,23,24). The van der Waals surface area contributed by atoms with Gasteiger partial charge in [-0.1, -0.05) is 12.1 Å². The largest absolute Gasteiger partial charge is 0.486 e. The van der Waals surface area contributed by atoms with Crippen molar-refractivity contribution in [3.05, 3.63) is 47.0 Å². The Morgan fingerprint density at radius 1 is 1.30 bits per heavy atom. The van der Waals surface area contributed by atoms with Crippen LogP contribution in [0.15, 0.2) is 29.3 Å². The highest BCUT2D eigenvalue weighted by atomic mass is 19.1. The van der Waals surface area contributed by atoms with E-state index in [4.69, 9.17) is 4.74 Å². The number of aryl methyl sites for hydroxylation is 2. The van der Waals surface area contributed by atoms with E-state index in [9.17, 15) is 4.39 Å². The van der Waals surface area contributed by atoms with E-state index >= 15 is 0 Å². The van der Waals surface area contributed by atoms with Gasteiger partial charge in [-0.2, -0.15) is 5.10 Å². The lowest BCUT2D eigenvalue weighted by Gasteiger charge is -2.15. The van der Waals surface area contributed by atoms with Crippen LogP contribution >= 0.6 is 0 Å². The lowest BCUT2D eigenvalue weighted by atomic mass is 10.1. The zero-order valence-corrected chi connectivity index (χ0v) is 16.8. The van der Waals surface area contributed by atoms with Crippen molar-refractivity contribution >= 4 is 5.96 Å².